The highest BCUT2D eigenvalue weighted by molar-refractivity contribution is 7.26. The van der Waals surface area contributed by atoms with Crippen LogP contribution in [0.15, 0.2) is 158 Å². The summed E-state index contributed by atoms with van der Waals surface area (Å²) < 4.78 is 2.53. The van der Waals surface area contributed by atoms with Crippen LogP contribution in [-0.4, -0.2) is 19.9 Å². The fraction of sp³-hybridized carbons (Fsp3) is 0. The minimum absolute atomic E-state index is 0.647. The molecular weight excluding hydrogens is 593 g/mol. The van der Waals surface area contributed by atoms with Crippen molar-refractivity contribution in [2.75, 3.05) is 0 Å². The zero-order valence-electron chi connectivity index (χ0n) is 25.2. The van der Waals surface area contributed by atoms with Crippen molar-refractivity contribution in [2.24, 2.45) is 0 Å². The van der Waals surface area contributed by atoms with Gasteiger partial charge in [-0.25, -0.2) is 19.9 Å². The number of hydrogen-bond acceptors (Lipinski definition) is 5. The summed E-state index contributed by atoms with van der Waals surface area (Å²) in [4.78, 5) is 19.8. The van der Waals surface area contributed by atoms with Crippen LogP contribution < -0.4 is 0 Å². The predicted octanol–water partition coefficient (Wildman–Crippen LogP) is 11.1. The first-order valence-electron chi connectivity index (χ1n) is 15.6. The largest absolute Gasteiger partial charge is 0.247 e. The van der Waals surface area contributed by atoms with Crippen molar-refractivity contribution >= 4 is 42.4 Å². The van der Waals surface area contributed by atoms with Gasteiger partial charge in [-0.15, -0.1) is 11.3 Å². The molecule has 0 amide bonds. The van der Waals surface area contributed by atoms with Gasteiger partial charge >= 0.3 is 0 Å². The zero-order chi connectivity index (χ0) is 31.2. The molecule has 5 heteroatoms. The first-order chi connectivity index (χ1) is 23.3. The number of pyridine rings is 1. The van der Waals surface area contributed by atoms with Crippen molar-refractivity contribution in [3.05, 3.63) is 158 Å². The fourth-order valence-electron chi connectivity index (χ4n) is 6.20. The Balaban J connectivity index is 1.16. The number of hydrogen-bond donors (Lipinski definition) is 0. The average molecular weight is 619 g/mol. The van der Waals surface area contributed by atoms with E-state index in [0.29, 0.717) is 17.5 Å². The number of nitrogens with zero attached hydrogens (tertiary/aromatic N) is 4. The molecule has 3 heterocycles. The van der Waals surface area contributed by atoms with Gasteiger partial charge in [-0.05, 0) is 29.3 Å². The first kappa shape index (κ1) is 27.3. The molecule has 0 aliphatic rings. The van der Waals surface area contributed by atoms with Crippen molar-refractivity contribution < 1.29 is 0 Å². The maximum absolute atomic E-state index is 5.19. The summed E-state index contributed by atoms with van der Waals surface area (Å²) in [6.45, 7) is 0. The van der Waals surface area contributed by atoms with E-state index >= 15 is 0 Å². The third kappa shape index (κ3) is 4.94. The Morgan fingerprint density at radius 1 is 0.362 bits per heavy atom. The molecule has 0 atom stereocenters. The first-order valence-corrected chi connectivity index (χ1v) is 16.4. The lowest BCUT2D eigenvalue weighted by atomic mass is 9.99. The quantitative estimate of drug-likeness (QED) is 0.193. The van der Waals surface area contributed by atoms with Gasteiger partial charge in [0.05, 0.1) is 11.2 Å². The van der Waals surface area contributed by atoms with Gasteiger partial charge in [-0.3, -0.25) is 0 Å². The molecule has 0 bridgehead atoms. The molecule has 47 heavy (non-hydrogen) atoms. The summed E-state index contributed by atoms with van der Waals surface area (Å²) in [5.41, 5.74) is 8.31. The van der Waals surface area contributed by atoms with Crippen LogP contribution in [-0.2, 0) is 0 Å². The minimum atomic E-state index is 0.647. The minimum Gasteiger partial charge on any atom is -0.247 e. The van der Waals surface area contributed by atoms with Crippen LogP contribution in [0.25, 0.3) is 87.6 Å². The van der Waals surface area contributed by atoms with Gasteiger partial charge in [0.2, 0.25) is 0 Å². The number of para-hydroxylation sites is 1. The van der Waals surface area contributed by atoms with Crippen molar-refractivity contribution in [1.82, 2.24) is 19.9 Å². The summed E-state index contributed by atoms with van der Waals surface area (Å²) in [5.74, 6) is 1.96. The standard InChI is InChI=1S/C42H26N4S/c1-4-12-28(13-5-1)38-37-34-26-32(24-25-36(34)47-39(37)33-18-10-11-19-35(33)43-38)27-20-22-31(23-21-27)42-45-40(29-14-6-2-7-15-29)44-41(46-42)30-16-8-3-9-17-30/h1-26H. The van der Waals surface area contributed by atoms with E-state index in [2.05, 4.69) is 97.1 Å². The topological polar surface area (TPSA) is 51.6 Å². The molecule has 0 saturated carbocycles. The van der Waals surface area contributed by atoms with Crippen LogP contribution in [0.3, 0.4) is 0 Å². The van der Waals surface area contributed by atoms with Crippen molar-refractivity contribution in [2.45, 2.75) is 0 Å². The number of thiophene rings is 1. The molecule has 6 aromatic carbocycles. The van der Waals surface area contributed by atoms with Crippen molar-refractivity contribution in [3.8, 4) is 56.5 Å². The molecule has 0 radical (unpaired) electrons. The normalized spacial score (nSPS) is 11.4. The number of benzene rings is 6. The maximum Gasteiger partial charge on any atom is 0.164 e. The summed E-state index contributed by atoms with van der Waals surface area (Å²) in [6, 6.07) is 54.4. The summed E-state index contributed by atoms with van der Waals surface area (Å²) in [7, 11) is 0. The highest BCUT2D eigenvalue weighted by Crippen LogP contribution is 2.44. The Morgan fingerprint density at radius 2 is 0.851 bits per heavy atom. The second-order valence-electron chi connectivity index (χ2n) is 11.5. The lowest BCUT2D eigenvalue weighted by Crippen LogP contribution is -2.00. The van der Waals surface area contributed by atoms with Gasteiger partial charge < -0.3 is 0 Å². The lowest BCUT2D eigenvalue weighted by molar-refractivity contribution is 1.07. The van der Waals surface area contributed by atoms with E-state index in [-0.39, 0.29) is 0 Å². The third-order valence-corrected chi connectivity index (χ3v) is 9.73. The molecule has 9 aromatic rings. The molecule has 220 valence electrons. The van der Waals surface area contributed by atoms with Gasteiger partial charge in [0.15, 0.2) is 17.5 Å². The van der Waals surface area contributed by atoms with Crippen LogP contribution in [0.1, 0.15) is 0 Å². The Hall–Kier alpha value is -6.04. The van der Waals surface area contributed by atoms with Crippen LogP contribution >= 0.6 is 11.3 Å². The number of rotatable bonds is 5. The van der Waals surface area contributed by atoms with Crippen LogP contribution in [0.4, 0.5) is 0 Å². The fourth-order valence-corrected chi connectivity index (χ4v) is 7.41. The lowest BCUT2D eigenvalue weighted by Gasteiger charge is -2.09. The van der Waals surface area contributed by atoms with E-state index in [1.807, 2.05) is 72.0 Å². The van der Waals surface area contributed by atoms with Gasteiger partial charge in [-0.2, -0.15) is 0 Å². The molecule has 0 unspecified atom stereocenters. The predicted molar refractivity (Wildman–Crippen MR) is 195 cm³/mol. The molecular formula is C42H26N4S. The van der Waals surface area contributed by atoms with Crippen molar-refractivity contribution in [3.63, 3.8) is 0 Å². The highest BCUT2D eigenvalue weighted by Gasteiger charge is 2.17. The van der Waals surface area contributed by atoms with E-state index in [1.165, 1.54) is 25.6 Å². The number of aromatic nitrogens is 4. The summed E-state index contributed by atoms with van der Waals surface area (Å²) in [5, 5.41) is 3.62. The van der Waals surface area contributed by atoms with E-state index in [0.717, 1.165) is 44.6 Å². The molecule has 0 fully saturated rings. The van der Waals surface area contributed by atoms with Gasteiger partial charge in [0.25, 0.3) is 0 Å². The Labute approximate surface area is 275 Å². The van der Waals surface area contributed by atoms with Crippen molar-refractivity contribution in [1.29, 1.82) is 0 Å². The summed E-state index contributed by atoms with van der Waals surface area (Å²) >= 11 is 1.84. The van der Waals surface area contributed by atoms with E-state index in [4.69, 9.17) is 19.9 Å². The monoisotopic (exact) mass is 618 g/mol. The smallest absolute Gasteiger partial charge is 0.164 e. The molecule has 9 rings (SSSR count). The summed E-state index contributed by atoms with van der Waals surface area (Å²) in [6.07, 6.45) is 0. The van der Waals surface area contributed by atoms with Gasteiger partial charge in [-0.1, -0.05) is 140 Å². The Bertz CT molecular complexity index is 2490. The molecule has 0 saturated heterocycles. The Kier molecular flexibility index (Phi) is 6.61. The number of fused-ring (bicyclic) bond motifs is 5. The van der Waals surface area contributed by atoms with Crippen LogP contribution in [0, 0.1) is 0 Å². The third-order valence-electron chi connectivity index (χ3n) is 8.53. The second kappa shape index (κ2) is 11.4. The molecule has 4 nitrogen and oxygen atoms in total. The van der Waals surface area contributed by atoms with Crippen LogP contribution in [0.2, 0.25) is 0 Å². The molecule has 0 aliphatic heterocycles. The van der Waals surface area contributed by atoms with E-state index < -0.39 is 0 Å². The van der Waals surface area contributed by atoms with E-state index in [1.54, 1.807) is 0 Å². The van der Waals surface area contributed by atoms with Gasteiger partial charge in [0.1, 0.15) is 0 Å². The molecule has 3 aromatic heterocycles. The maximum atomic E-state index is 5.19. The Morgan fingerprint density at radius 3 is 1.47 bits per heavy atom. The highest BCUT2D eigenvalue weighted by atomic mass is 32.1. The van der Waals surface area contributed by atoms with Gasteiger partial charge in [0, 0.05) is 47.8 Å². The SMILES string of the molecule is c1ccc(-c2nc(-c3ccccc3)nc(-c3ccc(-c4ccc5sc6c7ccccc7nc(-c7ccccc7)c6c5c4)cc3)n2)cc1. The van der Waals surface area contributed by atoms with E-state index in [9.17, 15) is 0 Å². The molecule has 0 N–H and O–H groups in total. The second-order valence-corrected chi connectivity index (χ2v) is 12.5. The average Bonchev–Trinajstić information content (AvgIpc) is 3.55. The zero-order valence-corrected chi connectivity index (χ0v) is 26.0. The van der Waals surface area contributed by atoms with Crippen LogP contribution in [0.5, 0.6) is 0 Å². The molecule has 0 spiro atoms. The molecule has 0 aliphatic carbocycles.